The van der Waals surface area contributed by atoms with Gasteiger partial charge in [-0.05, 0) is 31.0 Å². The van der Waals surface area contributed by atoms with E-state index < -0.39 is 17.8 Å². The van der Waals surface area contributed by atoms with Gasteiger partial charge in [0.25, 0.3) is 0 Å². The van der Waals surface area contributed by atoms with Gasteiger partial charge in [0.15, 0.2) is 0 Å². The summed E-state index contributed by atoms with van der Waals surface area (Å²) in [5.74, 6) is 0.270. The molecule has 28 heavy (non-hydrogen) atoms. The van der Waals surface area contributed by atoms with Gasteiger partial charge in [-0.15, -0.1) is 0 Å². The summed E-state index contributed by atoms with van der Waals surface area (Å²) in [5.41, 5.74) is 7.54. The Hall–Kier alpha value is -3.13. The third-order valence-electron chi connectivity index (χ3n) is 5.26. The van der Waals surface area contributed by atoms with Crippen molar-refractivity contribution < 1.29 is 14.6 Å². The van der Waals surface area contributed by atoms with Gasteiger partial charge in [-0.25, -0.2) is 14.8 Å². The highest BCUT2D eigenvalue weighted by molar-refractivity contribution is 6.05. The van der Waals surface area contributed by atoms with E-state index in [4.69, 9.17) is 15.6 Å². The predicted octanol–water partition coefficient (Wildman–Crippen LogP) is 1.93. The third kappa shape index (κ3) is 3.16. The number of pyridine rings is 1. The number of para-hydroxylation sites is 1. The predicted molar refractivity (Wildman–Crippen MR) is 105 cm³/mol. The number of primary amides is 1. The summed E-state index contributed by atoms with van der Waals surface area (Å²) in [6, 6.07) is 10.8. The second kappa shape index (κ2) is 6.79. The maximum atomic E-state index is 11.6. The molecule has 0 spiro atoms. The van der Waals surface area contributed by atoms with Crippen molar-refractivity contribution in [3.63, 3.8) is 0 Å². The Morgan fingerprint density at radius 1 is 1.36 bits per heavy atom. The molecule has 146 valence electrons. The fraction of sp³-hybridized carbons (Fsp3) is 0.350. The SMILES string of the molecule is COc1ncc(C2=NN(c3ccccc3)C(NC(N)=O)C2C)cc1C1(O)CC1. The molecule has 1 aliphatic carbocycles. The fourth-order valence-corrected chi connectivity index (χ4v) is 3.56. The molecule has 0 radical (unpaired) electrons. The number of urea groups is 1. The number of ether oxygens (including phenoxy) is 1. The number of aromatic nitrogens is 1. The molecule has 2 heterocycles. The van der Waals surface area contributed by atoms with Gasteiger partial charge in [0.05, 0.1) is 24.1 Å². The van der Waals surface area contributed by atoms with E-state index in [-0.39, 0.29) is 5.92 Å². The summed E-state index contributed by atoms with van der Waals surface area (Å²) in [5, 5.41) is 19.9. The van der Waals surface area contributed by atoms with Crippen molar-refractivity contribution in [1.82, 2.24) is 10.3 Å². The zero-order chi connectivity index (χ0) is 19.9. The van der Waals surface area contributed by atoms with E-state index in [1.807, 2.05) is 43.3 Å². The summed E-state index contributed by atoms with van der Waals surface area (Å²) in [6.07, 6.45) is 2.61. The number of nitrogens with one attached hydrogen (secondary N) is 1. The van der Waals surface area contributed by atoms with Crippen LogP contribution in [0.2, 0.25) is 0 Å². The van der Waals surface area contributed by atoms with Gasteiger partial charge in [-0.2, -0.15) is 5.10 Å². The molecule has 2 atom stereocenters. The van der Waals surface area contributed by atoms with Crippen molar-refractivity contribution >= 4 is 17.4 Å². The zero-order valence-corrected chi connectivity index (χ0v) is 15.8. The number of benzene rings is 1. The molecule has 2 aromatic rings. The average molecular weight is 381 g/mol. The Morgan fingerprint density at radius 3 is 2.68 bits per heavy atom. The molecule has 4 rings (SSSR count). The van der Waals surface area contributed by atoms with E-state index in [0.29, 0.717) is 24.3 Å². The molecule has 2 aliphatic rings. The standard InChI is InChI=1S/C20H23N5O3/c1-12-16(13-10-15(20(27)8-9-20)18(28-2)22-11-13)24-25(17(12)23-19(21)26)14-6-4-3-5-7-14/h3-7,10-12,17,27H,8-9H2,1-2H3,(H3,21,23,26). The van der Waals surface area contributed by atoms with Crippen LogP contribution in [0.25, 0.3) is 0 Å². The molecule has 1 saturated carbocycles. The molecular formula is C20H23N5O3. The maximum absolute atomic E-state index is 11.6. The highest BCUT2D eigenvalue weighted by Gasteiger charge is 2.45. The second-order valence-electron chi connectivity index (χ2n) is 7.22. The van der Waals surface area contributed by atoms with Crippen molar-refractivity contribution in [2.75, 3.05) is 12.1 Å². The number of hydrogen-bond donors (Lipinski definition) is 3. The normalized spacial score (nSPS) is 22.5. The molecule has 0 bridgehead atoms. The third-order valence-corrected chi connectivity index (χ3v) is 5.26. The van der Waals surface area contributed by atoms with Crippen LogP contribution in [0.4, 0.5) is 10.5 Å². The Morgan fingerprint density at radius 2 is 2.07 bits per heavy atom. The number of methoxy groups -OCH3 is 1. The highest BCUT2D eigenvalue weighted by atomic mass is 16.5. The molecule has 8 nitrogen and oxygen atoms in total. The van der Waals surface area contributed by atoms with Gasteiger partial charge < -0.3 is 20.9 Å². The molecule has 1 aromatic carbocycles. The summed E-state index contributed by atoms with van der Waals surface area (Å²) < 4.78 is 5.33. The van der Waals surface area contributed by atoms with Gasteiger partial charge in [0.1, 0.15) is 6.17 Å². The van der Waals surface area contributed by atoms with Crippen LogP contribution in [-0.2, 0) is 5.60 Å². The largest absolute Gasteiger partial charge is 0.481 e. The number of amides is 2. The Balaban J connectivity index is 1.75. The van der Waals surface area contributed by atoms with E-state index in [9.17, 15) is 9.90 Å². The number of anilines is 1. The van der Waals surface area contributed by atoms with Crippen molar-refractivity contribution in [1.29, 1.82) is 0 Å². The minimum Gasteiger partial charge on any atom is -0.481 e. The van der Waals surface area contributed by atoms with Crippen molar-refractivity contribution in [2.45, 2.75) is 31.5 Å². The smallest absolute Gasteiger partial charge is 0.313 e. The topological polar surface area (TPSA) is 113 Å². The first-order valence-electron chi connectivity index (χ1n) is 9.19. The Bertz CT molecular complexity index is 927. The van der Waals surface area contributed by atoms with Crippen LogP contribution in [-0.4, -0.2) is 35.1 Å². The summed E-state index contributed by atoms with van der Waals surface area (Å²) in [7, 11) is 1.54. The van der Waals surface area contributed by atoms with Crippen molar-refractivity contribution in [3.05, 3.63) is 53.7 Å². The quantitative estimate of drug-likeness (QED) is 0.732. The molecule has 1 aromatic heterocycles. The number of carbonyl (C=O) groups excluding carboxylic acids is 1. The Labute approximate surface area is 163 Å². The molecule has 2 unspecified atom stereocenters. The molecule has 1 fully saturated rings. The van der Waals surface area contributed by atoms with E-state index in [1.54, 1.807) is 11.2 Å². The molecule has 2 amide bonds. The number of nitrogens with two attached hydrogens (primary N) is 1. The van der Waals surface area contributed by atoms with E-state index in [0.717, 1.165) is 17.0 Å². The van der Waals surface area contributed by atoms with Crippen molar-refractivity contribution in [3.8, 4) is 5.88 Å². The minimum absolute atomic E-state index is 0.149. The number of carbonyl (C=O) groups is 1. The lowest BCUT2D eigenvalue weighted by molar-refractivity contribution is 0.146. The summed E-state index contributed by atoms with van der Waals surface area (Å²) in [4.78, 5) is 15.9. The van der Waals surface area contributed by atoms with Gasteiger partial charge in [0.2, 0.25) is 5.88 Å². The number of aliphatic hydroxyl groups is 1. The van der Waals surface area contributed by atoms with Gasteiger partial charge in [0, 0.05) is 23.2 Å². The molecule has 8 heteroatoms. The monoisotopic (exact) mass is 381 g/mol. The molecule has 0 saturated heterocycles. The van der Waals surface area contributed by atoms with Crippen LogP contribution in [0.3, 0.4) is 0 Å². The maximum Gasteiger partial charge on any atom is 0.313 e. The lowest BCUT2D eigenvalue weighted by Gasteiger charge is -2.26. The highest BCUT2D eigenvalue weighted by Crippen LogP contribution is 2.48. The van der Waals surface area contributed by atoms with Crippen LogP contribution in [0.15, 0.2) is 47.7 Å². The number of hydrogen-bond acceptors (Lipinski definition) is 6. The molecule has 1 aliphatic heterocycles. The van der Waals surface area contributed by atoms with Crippen LogP contribution >= 0.6 is 0 Å². The van der Waals surface area contributed by atoms with Gasteiger partial charge >= 0.3 is 6.03 Å². The Kier molecular flexibility index (Phi) is 4.43. The molecular weight excluding hydrogens is 358 g/mol. The zero-order valence-electron chi connectivity index (χ0n) is 15.8. The van der Waals surface area contributed by atoms with Crippen LogP contribution in [0, 0.1) is 5.92 Å². The second-order valence-corrected chi connectivity index (χ2v) is 7.22. The first-order valence-corrected chi connectivity index (χ1v) is 9.19. The lowest BCUT2D eigenvalue weighted by Crippen LogP contribution is -2.49. The first kappa shape index (κ1) is 18.2. The lowest BCUT2D eigenvalue weighted by atomic mass is 9.95. The van der Waals surface area contributed by atoms with Crippen LogP contribution in [0.1, 0.15) is 30.9 Å². The summed E-state index contributed by atoms with van der Waals surface area (Å²) >= 11 is 0. The van der Waals surface area contributed by atoms with Crippen molar-refractivity contribution in [2.24, 2.45) is 16.8 Å². The molecule has 4 N–H and O–H groups in total. The number of rotatable bonds is 5. The number of nitrogens with zero attached hydrogens (tertiary/aromatic N) is 3. The van der Waals surface area contributed by atoms with Crippen LogP contribution in [0.5, 0.6) is 5.88 Å². The first-order chi connectivity index (χ1) is 13.4. The van der Waals surface area contributed by atoms with E-state index in [2.05, 4.69) is 10.3 Å². The summed E-state index contributed by atoms with van der Waals surface area (Å²) in [6.45, 7) is 1.97. The minimum atomic E-state index is -0.888. The van der Waals surface area contributed by atoms with E-state index >= 15 is 0 Å². The van der Waals surface area contributed by atoms with Gasteiger partial charge in [-0.3, -0.25) is 0 Å². The van der Waals surface area contributed by atoms with Crippen LogP contribution < -0.4 is 20.8 Å². The number of hydrazone groups is 1. The fourth-order valence-electron chi connectivity index (χ4n) is 3.56. The van der Waals surface area contributed by atoms with Gasteiger partial charge in [-0.1, -0.05) is 25.1 Å². The average Bonchev–Trinajstić information content (AvgIpc) is 3.37. The van der Waals surface area contributed by atoms with E-state index in [1.165, 1.54) is 7.11 Å².